The molecule has 0 saturated carbocycles. The first-order chi connectivity index (χ1) is 6.97. The van der Waals surface area contributed by atoms with Gasteiger partial charge in [-0.2, -0.15) is 0 Å². The molecule has 2 heteroatoms. The Morgan fingerprint density at radius 2 is 1.93 bits per heavy atom. The molecule has 88 valence electrons. The van der Waals surface area contributed by atoms with Crippen molar-refractivity contribution in [1.82, 2.24) is 5.32 Å². The number of hydrogen-bond acceptors (Lipinski definition) is 2. The minimum Gasteiger partial charge on any atom is -0.376 e. The third-order valence-corrected chi connectivity index (χ3v) is 2.37. The van der Waals surface area contributed by atoms with Crippen molar-refractivity contribution in [2.45, 2.75) is 53.2 Å². The molecular formula is C13H25NO. The number of nitrogens with one attached hydrogen (secondary N) is 1. The first-order valence-corrected chi connectivity index (χ1v) is 5.75. The van der Waals surface area contributed by atoms with Crippen molar-refractivity contribution in [2.75, 3.05) is 13.2 Å². The molecule has 0 aromatic heterocycles. The summed E-state index contributed by atoms with van der Waals surface area (Å²) in [5.74, 6) is 2.72. The first kappa shape index (κ1) is 14.5. The lowest BCUT2D eigenvalue weighted by molar-refractivity contribution is -0.0342. The predicted molar refractivity (Wildman–Crippen MR) is 65.8 cm³/mol. The lowest BCUT2D eigenvalue weighted by Crippen LogP contribution is -2.48. The summed E-state index contributed by atoms with van der Waals surface area (Å²) in [5.41, 5.74) is 0.111. The Morgan fingerprint density at radius 3 is 2.27 bits per heavy atom. The Kier molecular flexibility index (Phi) is 6.63. The molecule has 0 aliphatic carbocycles. The third-order valence-electron chi connectivity index (χ3n) is 2.37. The summed E-state index contributed by atoms with van der Waals surface area (Å²) in [6.45, 7) is 12.3. The van der Waals surface area contributed by atoms with Crippen LogP contribution in [0.5, 0.6) is 0 Å². The van der Waals surface area contributed by atoms with Gasteiger partial charge in [-0.15, -0.1) is 12.3 Å². The monoisotopic (exact) mass is 211 g/mol. The standard InChI is InChI=1S/C13H25NO/c1-7-10-11(14-8-2)12(15-9-3)13(4,5)6/h1,11-12,14H,8-10H2,2-6H3. The van der Waals surface area contributed by atoms with Crippen molar-refractivity contribution in [3.8, 4) is 12.3 Å². The molecule has 0 spiro atoms. The highest BCUT2D eigenvalue weighted by atomic mass is 16.5. The van der Waals surface area contributed by atoms with Crippen LogP contribution in [0.2, 0.25) is 0 Å². The maximum atomic E-state index is 5.82. The quantitative estimate of drug-likeness (QED) is 0.681. The van der Waals surface area contributed by atoms with Crippen LogP contribution in [0.3, 0.4) is 0 Å². The minimum absolute atomic E-state index is 0.111. The maximum absolute atomic E-state index is 5.82. The minimum atomic E-state index is 0.111. The summed E-state index contributed by atoms with van der Waals surface area (Å²) in [4.78, 5) is 0. The van der Waals surface area contributed by atoms with Gasteiger partial charge in [-0.1, -0.05) is 27.7 Å². The topological polar surface area (TPSA) is 21.3 Å². The van der Waals surface area contributed by atoms with Crippen molar-refractivity contribution in [2.24, 2.45) is 5.41 Å². The molecule has 0 heterocycles. The zero-order valence-electron chi connectivity index (χ0n) is 10.8. The molecule has 0 radical (unpaired) electrons. The fraction of sp³-hybridized carbons (Fsp3) is 0.846. The normalized spacial score (nSPS) is 15.7. The van der Waals surface area contributed by atoms with E-state index in [9.17, 15) is 0 Å². The Morgan fingerprint density at radius 1 is 1.33 bits per heavy atom. The molecule has 15 heavy (non-hydrogen) atoms. The molecule has 0 saturated heterocycles. The predicted octanol–water partition coefficient (Wildman–Crippen LogP) is 2.44. The highest BCUT2D eigenvalue weighted by Gasteiger charge is 2.31. The van der Waals surface area contributed by atoms with E-state index in [0.717, 1.165) is 19.6 Å². The van der Waals surface area contributed by atoms with Gasteiger partial charge in [0.25, 0.3) is 0 Å². The Balaban J connectivity index is 4.60. The molecule has 0 aromatic rings. The van der Waals surface area contributed by atoms with Crippen LogP contribution < -0.4 is 5.32 Å². The van der Waals surface area contributed by atoms with E-state index >= 15 is 0 Å². The summed E-state index contributed by atoms with van der Waals surface area (Å²) >= 11 is 0. The Labute approximate surface area is 94.8 Å². The maximum Gasteiger partial charge on any atom is 0.0785 e. The van der Waals surface area contributed by atoms with E-state index in [1.165, 1.54) is 0 Å². The summed E-state index contributed by atoms with van der Waals surface area (Å²) < 4.78 is 5.82. The van der Waals surface area contributed by atoms with Gasteiger partial charge in [0, 0.05) is 19.1 Å². The fourth-order valence-electron chi connectivity index (χ4n) is 1.82. The summed E-state index contributed by atoms with van der Waals surface area (Å²) in [5, 5.41) is 3.41. The van der Waals surface area contributed by atoms with Gasteiger partial charge >= 0.3 is 0 Å². The smallest absolute Gasteiger partial charge is 0.0785 e. The number of rotatable bonds is 6. The highest BCUT2D eigenvalue weighted by Crippen LogP contribution is 2.26. The SMILES string of the molecule is C#CCC(NCC)C(OCC)C(C)(C)C. The zero-order valence-corrected chi connectivity index (χ0v) is 10.8. The van der Waals surface area contributed by atoms with Crippen LogP contribution in [-0.4, -0.2) is 25.3 Å². The second-order valence-electron chi connectivity index (χ2n) is 4.81. The van der Waals surface area contributed by atoms with Gasteiger partial charge in [0.05, 0.1) is 6.10 Å². The van der Waals surface area contributed by atoms with Crippen molar-refractivity contribution in [3.05, 3.63) is 0 Å². The molecule has 0 aliphatic heterocycles. The van der Waals surface area contributed by atoms with Crippen LogP contribution in [-0.2, 0) is 4.74 Å². The Bertz CT molecular complexity index is 200. The molecule has 0 rings (SSSR count). The van der Waals surface area contributed by atoms with E-state index in [4.69, 9.17) is 11.2 Å². The molecule has 2 nitrogen and oxygen atoms in total. The van der Waals surface area contributed by atoms with Crippen molar-refractivity contribution in [3.63, 3.8) is 0 Å². The van der Waals surface area contributed by atoms with Gasteiger partial charge in [-0.3, -0.25) is 0 Å². The van der Waals surface area contributed by atoms with Gasteiger partial charge < -0.3 is 10.1 Å². The largest absolute Gasteiger partial charge is 0.376 e. The van der Waals surface area contributed by atoms with Crippen molar-refractivity contribution < 1.29 is 4.74 Å². The summed E-state index contributed by atoms with van der Waals surface area (Å²) in [7, 11) is 0. The molecular weight excluding hydrogens is 186 g/mol. The van der Waals surface area contributed by atoms with Crippen LogP contribution >= 0.6 is 0 Å². The highest BCUT2D eigenvalue weighted by molar-refractivity contribution is 4.96. The van der Waals surface area contributed by atoms with Gasteiger partial charge in [0.1, 0.15) is 0 Å². The van der Waals surface area contributed by atoms with Gasteiger partial charge in [-0.05, 0) is 18.9 Å². The van der Waals surface area contributed by atoms with Gasteiger partial charge in [0.2, 0.25) is 0 Å². The lowest BCUT2D eigenvalue weighted by Gasteiger charge is -2.36. The molecule has 0 fully saturated rings. The van der Waals surface area contributed by atoms with E-state index in [1.807, 2.05) is 6.92 Å². The number of hydrogen-bond donors (Lipinski definition) is 1. The molecule has 1 N–H and O–H groups in total. The fourth-order valence-corrected chi connectivity index (χ4v) is 1.82. The molecule has 0 amide bonds. The van der Waals surface area contributed by atoms with E-state index in [0.29, 0.717) is 0 Å². The average molecular weight is 211 g/mol. The summed E-state index contributed by atoms with van der Waals surface area (Å²) in [6, 6.07) is 0.250. The molecule has 0 aromatic carbocycles. The zero-order chi connectivity index (χ0) is 11.9. The number of ether oxygens (including phenoxy) is 1. The van der Waals surface area contributed by atoms with E-state index in [-0.39, 0.29) is 17.6 Å². The van der Waals surface area contributed by atoms with Gasteiger partial charge in [-0.25, -0.2) is 0 Å². The molecule has 0 bridgehead atoms. The Hall–Kier alpha value is -0.520. The van der Waals surface area contributed by atoms with Crippen LogP contribution in [0, 0.1) is 17.8 Å². The van der Waals surface area contributed by atoms with Crippen molar-refractivity contribution in [1.29, 1.82) is 0 Å². The third kappa shape index (κ3) is 5.20. The van der Waals surface area contributed by atoms with Crippen LogP contribution in [0.1, 0.15) is 41.0 Å². The number of terminal acetylenes is 1. The summed E-state index contributed by atoms with van der Waals surface area (Å²) in [6.07, 6.45) is 6.27. The van der Waals surface area contributed by atoms with Crippen LogP contribution in [0.15, 0.2) is 0 Å². The molecule has 2 unspecified atom stereocenters. The second-order valence-corrected chi connectivity index (χ2v) is 4.81. The average Bonchev–Trinajstić information content (AvgIpc) is 2.12. The van der Waals surface area contributed by atoms with Gasteiger partial charge in [0.15, 0.2) is 0 Å². The molecule has 2 atom stereocenters. The second kappa shape index (κ2) is 6.87. The van der Waals surface area contributed by atoms with Crippen LogP contribution in [0.4, 0.5) is 0 Å². The van der Waals surface area contributed by atoms with E-state index in [1.54, 1.807) is 0 Å². The first-order valence-electron chi connectivity index (χ1n) is 5.75. The molecule has 0 aliphatic rings. The number of likely N-dealkylation sites (N-methyl/N-ethyl adjacent to an activating group) is 1. The van der Waals surface area contributed by atoms with E-state index in [2.05, 4.69) is 38.9 Å². The van der Waals surface area contributed by atoms with E-state index < -0.39 is 0 Å². The van der Waals surface area contributed by atoms with Crippen LogP contribution in [0.25, 0.3) is 0 Å². The van der Waals surface area contributed by atoms with Crippen molar-refractivity contribution >= 4 is 0 Å². The lowest BCUT2D eigenvalue weighted by atomic mass is 9.83.